The molecule has 7 heteroatoms. The maximum absolute atomic E-state index is 11.0. The molecule has 0 amide bonds. The Balaban J connectivity index is 4.37. The Morgan fingerprint density at radius 2 is 0.854 bits per heavy atom. The standard InChI is InChI=1S/C34H63NO6/c1-2-3-4-5-6-7-8-9-10-11-12-13-14-15-16-17-21-28-35(29-22-18-25-32(36)37,30-23-19-26-33(38)39)31-24-20-27-34(40)41/h4-5H,2-3,6-31H2,1H3,(H2-,36,37,38,39,40,41)/b5-4+. The molecule has 0 bridgehead atoms. The van der Waals surface area contributed by atoms with Gasteiger partial charge in [-0.3, -0.25) is 9.59 Å². The second-order valence-corrected chi connectivity index (χ2v) is 12.1. The van der Waals surface area contributed by atoms with Crippen molar-refractivity contribution < 1.29 is 34.2 Å². The van der Waals surface area contributed by atoms with E-state index in [-0.39, 0.29) is 19.3 Å². The molecular formula is C34H63NO6. The van der Waals surface area contributed by atoms with E-state index in [0.29, 0.717) is 19.3 Å². The molecule has 0 aliphatic carbocycles. The van der Waals surface area contributed by atoms with Crippen LogP contribution in [0.5, 0.6) is 0 Å². The van der Waals surface area contributed by atoms with Gasteiger partial charge in [0.2, 0.25) is 0 Å². The number of hydrogen-bond donors (Lipinski definition) is 2. The average molecular weight is 582 g/mol. The highest BCUT2D eigenvalue weighted by Crippen LogP contribution is 2.20. The summed E-state index contributed by atoms with van der Waals surface area (Å²) in [6.45, 7) is 5.84. The minimum atomic E-state index is -1.02. The van der Waals surface area contributed by atoms with Crippen molar-refractivity contribution in [3.63, 3.8) is 0 Å². The predicted molar refractivity (Wildman–Crippen MR) is 166 cm³/mol. The third-order valence-corrected chi connectivity index (χ3v) is 8.18. The first-order valence-corrected chi connectivity index (χ1v) is 16.9. The number of carbonyl (C=O) groups is 3. The normalized spacial score (nSPS) is 11.8. The fourth-order valence-corrected chi connectivity index (χ4v) is 5.71. The lowest BCUT2D eigenvalue weighted by Gasteiger charge is -2.39. The molecule has 0 aromatic rings. The van der Waals surface area contributed by atoms with Gasteiger partial charge in [0.1, 0.15) is 0 Å². The molecule has 0 aliphatic heterocycles. The Bertz CT molecular complexity index is 623. The lowest BCUT2D eigenvalue weighted by molar-refractivity contribution is -0.929. The van der Waals surface area contributed by atoms with Crippen LogP contribution in [0.4, 0.5) is 0 Å². The fourth-order valence-electron chi connectivity index (χ4n) is 5.71. The van der Waals surface area contributed by atoms with Crippen LogP contribution in [0.25, 0.3) is 0 Å². The number of allylic oxidation sites excluding steroid dienone is 2. The Kier molecular flexibility index (Phi) is 26.9. The van der Waals surface area contributed by atoms with Crippen molar-refractivity contribution in [1.82, 2.24) is 0 Å². The molecular weight excluding hydrogens is 518 g/mol. The van der Waals surface area contributed by atoms with Gasteiger partial charge in [0, 0.05) is 18.8 Å². The van der Waals surface area contributed by atoms with Crippen molar-refractivity contribution in [2.75, 3.05) is 26.2 Å². The van der Waals surface area contributed by atoms with Crippen LogP contribution in [0, 0.1) is 0 Å². The van der Waals surface area contributed by atoms with Crippen molar-refractivity contribution in [2.45, 2.75) is 161 Å². The first-order valence-electron chi connectivity index (χ1n) is 16.9. The molecule has 0 rings (SSSR count). The Morgan fingerprint density at radius 3 is 1.24 bits per heavy atom. The zero-order chi connectivity index (χ0) is 30.4. The molecule has 0 saturated heterocycles. The van der Waals surface area contributed by atoms with Crippen LogP contribution >= 0.6 is 0 Å². The number of carbonyl (C=O) groups excluding carboxylic acids is 1. The summed E-state index contributed by atoms with van der Waals surface area (Å²) in [6.07, 6.45) is 28.5. The Labute approximate surface area is 251 Å². The van der Waals surface area contributed by atoms with E-state index in [1.165, 1.54) is 89.9 Å². The Morgan fingerprint density at radius 1 is 0.512 bits per heavy atom. The van der Waals surface area contributed by atoms with Crippen molar-refractivity contribution in [3.8, 4) is 0 Å². The zero-order valence-electron chi connectivity index (χ0n) is 26.4. The van der Waals surface area contributed by atoms with E-state index in [1.54, 1.807) is 0 Å². The number of nitrogens with zero attached hydrogens (tertiary/aromatic N) is 1. The van der Waals surface area contributed by atoms with Gasteiger partial charge in [0.05, 0.1) is 26.2 Å². The van der Waals surface area contributed by atoms with Crippen molar-refractivity contribution in [2.24, 2.45) is 0 Å². The molecule has 0 atom stereocenters. The van der Waals surface area contributed by atoms with Crippen LogP contribution in [0.3, 0.4) is 0 Å². The summed E-state index contributed by atoms with van der Waals surface area (Å²) < 4.78 is 0.849. The van der Waals surface area contributed by atoms with Crippen molar-refractivity contribution in [1.29, 1.82) is 0 Å². The van der Waals surface area contributed by atoms with Crippen molar-refractivity contribution in [3.05, 3.63) is 12.2 Å². The maximum atomic E-state index is 11.0. The highest BCUT2D eigenvalue weighted by atomic mass is 16.4. The number of rotatable bonds is 32. The van der Waals surface area contributed by atoms with Crippen LogP contribution in [0.1, 0.15) is 161 Å². The second kappa shape index (κ2) is 28.2. The number of hydrogen-bond acceptors (Lipinski definition) is 4. The van der Waals surface area contributed by atoms with E-state index < -0.39 is 17.9 Å². The molecule has 7 nitrogen and oxygen atoms in total. The van der Waals surface area contributed by atoms with E-state index in [4.69, 9.17) is 10.2 Å². The molecule has 2 N–H and O–H groups in total. The number of unbranched alkanes of at least 4 members (excludes halogenated alkanes) is 16. The molecule has 240 valence electrons. The largest absolute Gasteiger partial charge is 0.550 e. The molecule has 0 aliphatic rings. The quantitative estimate of drug-likeness (QED) is 0.0479. The third-order valence-electron chi connectivity index (χ3n) is 8.18. The van der Waals surface area contributed by atoms with E-state index in [0.717, 1.165) is 56.3 Å². The fraction of sp³-hybridized carbons (Fsp3) is 0.853. The minimum absolute atomic E-state index is 0.0642. The van der Waals surface area contributed by atoms with Gasteiger partial charge in [0.15, 0.2) is 0 Å². The lowest BCUT2D eigenvalue weighted by Crippen LogP contribution is -2.51. The second-order valence-electron chi connectivity index (χ2n) is 12.1. The van der Waals surface area contributed by atoms with Gasteiger partial charge >= 0.3 is 11.9 Å². The molecule has 0 aromatic carbocycles. The number of quaternary nitrogens is 1. The minimum Gasteiger partial charge on any atom is -0.550 e. The molecule has 41 heavy (non-hydrogen) atoms. The van der Waals surface area contributed by atoms with Gasteiger partial charge in [0.25, 0.3) is 0 Å². The number of aliphatic carboxylic acids is 3. The van der Waals surface area contributed by atoms with Crippen LogP contribution in [-0.4, -0.2) is 58.8 Å². The van der Waals surface area contributed by atoms with E-state index in [9.17, 15) is 19.5 Å². The molecule has 0 unspecified atom stereocenters. The smallest absolute Gasteiger partial charge is 0.303 e. The summed E-state index contributed by atoms with van der Waals surface area (Å²) in [7, 11) is 0. The molecule has 0 spiro atoms. The highest BCUT2D eigenvalue weighted by molar-refractivity contribution is 5.66. The molecule has 0 fully saturated rings. The Hall–Kier alpha value is -1.89. The summed E-state index contributed by atoms with van der Waals surface area (Å²) in [5.74, 6) is -2.56. The van der Waals surface area contributed by atoms with Gasteiger partial charge in [-0.25, -0.2) is 0 Å². The predicted octanol–water partition coefficient (Wildman–Crippen LogP) is 7.66. The lowest BCUT2D eigenvalue weighted by atomic mass is 10.0. The van der Waals surface area contributed by atoms with Crippen LogP contribution in [0.2, 0.25) is 0 Å². The zero-order valence-corrected chi connectivity index (χ0v) is 26.4. The first-order chi connectivity index (χ1) is 19.8. The van der Waals surface area contributed by atoms with Crippen LogP contribution in [-0.2, 0) is 14.4 Å². The van der Waals surface area contributed by atoms with Crippen molar-refractivity contribution >= 4 is 17.9 Å². The van der Waals surface area contributed by atoms with Gasteiger partial charge in [-0.1, -0.05) is 83.3 Å². The molecule has 0 saturated carbocycles. The van der Waals surface area contributed by atoms with Crippen LogP contribution in [0.15, 0.2) is 12.2 Å². The number of carboxylic acid groups (broad SMARTS) is 3. The summed E-state index contributed by atoms with van der Waals surface area (Å²) >= 11 is 0. The average Bonchev–Trinajstić information content (AvgIpc) is 2.93. The van der Waals surface area contributed by atoms with Gasteiger partial charge in [-0.05, 0) is 77.0 Å². The highest BCUT2D eigenvalue weighted by Gasteiger charge is 2.26. The third kappa shape index (κ3) is 28.0. The SMILES string of the molecule is CCC/C=C/CCCCCCCCCCCCCC[N+](CCCCC(=O)[O-])(CCCCC(=O)O)CCCCC(=O)O. The maximum Gasteiger partial charge on any atom is 0.303 e. The summed E-state index contributed by atoms with van der Waals surface area (Å²) in [5, 5.41) is 29.0. The van der Waals surface area contributed by atoms with Gasteiger partial charge in [-0.2, -0.15) is 0 Å². The summed E-state index contributed by atoms with van der Waals surface area (Å²) in [5.41, 5.74) is 0. The van der Waals surface area contributed by atoms with Crippen LogP contribution < -0.4 is 5.11 Å². The molecule has 0 heterocycles. The topological polar surface area (TPSA) is 115 Å². The summed E-state index contributed by atoms with van der Waals surface area (Å²) in [6, 6.07) is 0. The van der Waals surface area contributed by atoms with Gasteiger partial charge in [-0.15, -0.1) is 0 Å². The monoisotopic (exact) mass is 581 g/mol. The molecule has 0 aromatic heterocycles. The van der Waals surface area contributed by atoms with E-state index >= 15 is 0 Å². The summed E-state index contributed by atoms with van der Waals surface area (Å²) in [4.78, 5) is 32.9. The van der Waals surface area contributed by atoms with E-state index in [2.05, 4.69) is 19.1 Å². The molecule has 0 radical (unpaired) electrons. The van der Waals surface area contributed by atoms with Gasteiger partial charge < -0.3 is 24.6 Å². The van der Waals surface area contributed by atoms with E-state index in [1.807, 2.05) is 0 Å². The number of carboxylic acids is 3. The first kappa shape index (κ1) is 39.1.